The van der Waals surface area contributed by atoms with E-state index in [0.717, 1.165) is 45.6 Å². The summed E-state index contributed by atoms with van der Waals surface area (Å²) in [5.41, 5.74) is -1.11. The quantitative estimate of drug-likeness (QED) is 0.103. The monoisotopic (exact) mass is 824 g/mol. The van der Waals surface area contributed by atoms with Gasteiger partial charge in [-0.25, -0.2) is 4.79 Å². The van der Waals surface area contributed by atoms with Crippen LogP contribution in [0.15, 0.2) is 11.6 Å². The van der Waals surface area contributed by atoms with Gasteiger partial charge in [-0.05, 0) is 104 Å². The van der Waals surface area contributed by atoms with Crippen LogP contribution in [-0.4, -0.2) is 141 Å². The zero-order valence-electron chi connectivity index (χ0n) is 35.0. The van der Waals surface area contributed by atoms with Crippen molar-refractivity contribution in [3.8, 4) is 0 Å². The van der Waals surface area contributed by atoms with Crippen molar-refractivity contribution in [2.24, 2.45) is 56.7 Å². The first-order valence-electron chi connectivity index (χ1n) is 21.5. The highest BCUT2D eigenvalue weighted by atomic mass is 16.7. The fraction of sp³-hybridized carbons (Fsp3) is 0.907. The molecule has 330 valence electrons. The molecule has 0 aromatic heterocycles. The van der Waals surface area contributed by atoms with E-state index in [-0.39, 0.29) is 46.5 Å². The van der Waals surface area contributed by atoms with Gasteiger partial charge >= 0.3 is 11.9 Å². The number of esters is 2. The Morgan fingerprint density at radius 3 is 2.10 bits per heavy atom. The molecule has 0 spiro atoms. The average Bonchev–Trinajstić information content (AvgIpc) is 3.20. The number of aliphatic hydroxyl groups is 8. The third-order valence-corrected chi connectivity index (χ3v) is 17.9. The molecule has 3 unspecified atom stereocenters. The standard InChI is InChI=1S/C43H68O15/c1-20-10-15-43(38(53)58-36-32(50)29(47)28(46)23(18-44)55-36)17-16-41(5)22(27(43)21(20)2)8-9-25-39(3)13-12-26(40(4,19-45)24(39)11-14-42(25,41)6)56-37-33(51)30(48)31(49)34(57-37)35(52)54-7/h8,20-21,23-34,36-37,44-51H,9-19H2,1-7H3/t20-,21+,23-,24?,25?,26+,27?,28-,29+,30+,31+,32-,33-,34+,36+,37-,39+,40+,41-,42-,43+/m1/s1. The maximum absolute atomic E-state index is 14.6. The molecule has 7 rings (SSSR count). The average molecular weight is 825 g/mol. The maximum Gasteiger partial charge on any atom is 0.337 e. The topological polar surface area (TPSA) is 242 Å². The van der Waals surface area contributed by atoms with Crippen molar-refractivity contribution in [1.29, 1.82) is 0 Å². The number of hydrogen-bond donors (Lipinski definition) is 8. The van der Waals surface area contributed by atoms with E-state index in [1.54, 1.807) is 0 Å². The molecule has 5 aliphatic carbocycles. The summed E-state index contributed by atoms with van der Waals surface area (Å²) in [6.45, 7) is 12.7. The number of aliphatic hydroxyl groups excluding tert-OH is 8. The third kappa shape index (κ3) is 6.30. The van der Waals surface area contributed by atoms with Crippen LogP contribution in [0.3, 0.4) is 0 Å². The lowest BCUT2D eigenvalue weighted by Gasteiger charge is -2.71. The number of rotatable bonds is 7. The van der Waals surface area contributed by atoms with Gasteiger partial charge in [0.05, 0.1) is 31.8 Å². The fourth-order valence-electron chi connectivity index (χ4n) is 13.9. The molecule has 21 atom stereocenters. The van der Waals surface area contributed by atoms with Crippen LogP contribution in [0.25, 0.3) is 0 Å². The molecule has 0 aromatic rings. The van der Waals surface area contributed by atoms with E-state index in [1.807, 2.05) is 6.92 Å². The van der Waals surface area contributed by atoms with Gasteiger partial charge in [-0.15, -0.1) is 0 Å². The van der Waals surface area contributed by atoms with E-state index in [0.29, 0.717) is 25.2 Å². The van der Waals surface area contributed by atoms with Crippen molar-refractivity contribution in [1.82, 2.24) is 0 Å². The van der Waals surface area contributed by atoms with E-state index in [9.17, 15) is 50.4 Å². The second-order valence-corrected chi connectivity index (χ2v) is 20.2. The van der Waals surface area contributed by atoms with Crippen LogP contribution in [0.4, 0.5) is 0 Å². The minimum absolute atomic E-state index is 0.00199. The number of carbonyl (C=O) groups is 2. The molecule has 2 heterocycles. The molecule has 0 radical (unpaired) electrons. The molecule has 15 heteroatoms. The molecule has 6 fully saturated rings. The largest absolute Gasteiger partial charge is 0.467 e. The maximum atomic E-state index is 14.6. The molecular weight excluding hydrogens is 756 g/mol. The van der Waals surface area contributed by atoms with Crippen LogP contribution in [0.5, 0.6) is 0 Å². The lowest BCUT2D eigenvalue weighted by Crippen LogP contribution is -2.67. The first-order chi connectivity index (χ1) is 27.2. The minimum atomic E-state index is -1.71. The molecule has 4 saturated carbocycles. The van der Waals surface area contributed by atoms with Gasteiger partial charge in [0.1, 0.15) is 42.7 Å². The summed E-state index contributed by atoms with van der Waals surface area (Å²) in [5, 5.41) is 84.6. The SMILES string of the molecule is COC(=O)[C@H]1O[C@@H](O[C@H]2CC[C@@]3(C)C(CC[C@]4(C)C3CC=C3C5[C@@H](C)[C@H](C)CC[C@]5(C(=O)O[C@@H]5O[C@H](CO)[C@@H](O)[C@H](O)[C@H]5O)CC[C@]34C)[C@]2(C)CO)[C@H](O)[C@@H](O)[C@@H]1O. The normalized spacial score (nSPS) is 54.2. The minimum Gasteiger partial charge on any atom is -0.467 e. The molecule has 0 bridgehead atoms. The highest BCUT2D eigenvalue weighted by molar-refractivity contribution is 5.79. The summed E-state index contributed by atoms with van der Waals surface area (Å²) in [6, 6.07) is 0. The Bertz CT molecular complexity index is 1590. The van der Waals surface area contributed by atoms with Gasteiger partial charge in [0.15, 0.2) is 12.4 Å². The van der Waals surface area contributed by atoms with Crippen molar-refractivity contribution >= 4 is 11.9 Å². The smallest absolute Gasteiger partial charge is 0.337 e. The van der Waals surface area contributed by atoms with Crippen molar-refractivity contribution in [2.45, 2.75) is 167 Å². The summed E-state index contributed by atoms with van der Waals surface area (Å²) in [7, 11) is 1.14. The van der Waals surface area contributed by atoms with E-state index >= 15 is 0 Å². The van der Waals surface area contributed by atoms with Crippen LogP contribution in [-0.2, 0) is 33.3 Å². The molecular formula is C43H68O15. The number of ether oxygens (including phenoxy) is 5. The van der Waals surface area contributed by atoms with Crippen LogP contribution in [0.1, 0.15) is 99.3 Å². The lowest BCUT2D eigenvalue weighted by molar-refractivity contribution is -0.327. The van der Waals surface area contributed by atoms with Gasteiger partial charge < -0.3 is 64.5 Å². The molecule has 58 heavy (non-hydrogen) atoms. The molecule has 15 nitrogen and oxygen atoms in total. The molecule has 8 N–H and O–H groups in total. The number of hydrogen-bond acceptors (Lipinski definition) is 15. The van der Waals surface area contributed by atoms with Crippen LogP contribution in [0.2, 0.25) is 0 Å². The number of methoxy groups -OCH3 is 1. The Morgan fingerprint density at radius 2 is 1.45 bits per heavy atom. The van der Waals surface area contributed by atoms with E-state index in [2.05, 4.69) is 40.7 Å². The van der Waals surface area contributed by atoms with E-state index in [4.69, 9.17) is 23.7 Å². The Labute approximate surface area is 341 Å². The summed E-state index contributed by atoms with van der Waals surface area (Å²) in [5.74, 6) is -0.864. The lowest BCUT2D eigenvalue weighted by atomic mass is 9.33. The van der Waals surface area contributed by atoms with Gasteiger partial charge in [-0.2, -0.15) is 0 Å². The van der Waals surface area contributed by atoms with Gasteiger partial charge in [-0.1, -0.05) is 53.2 Å². The Hall–Kier alpha value is -1.76. The highest BCUT2D eigenvalue weighted by Gasteiger charge is 2.71. The Balaban J connectivity index is 1.17. The first kappa shape index (κ1) is 44.3. The van der Waals surface area contributed by atoms with Crippen molar-refractivity contribution in [3.05, 3.63) is 11.6 Å². The predicted molar refractivity (Wildman–Crippen MR) is 204 cm³/mol. The van der Waals surface area contributed by atoms with Gasteiger partial charge in [0, 0.05) is 5.41 Å². The first-order valence-corrected chi connectivity index (χ1v) is 21.5. The highest BCUT2D eigenvalue weighted by Crippen LogP contribution is 2.76. The van der Waals surface area contributed by atoms with Gasteiger partial charge in [0.25, 0.3) is 0 Å². The molecule has 7 aliphatic rings. The molecule has 2 aliphatic heterocycles. The molecule has 0 aromatic carbocycles. The van der Waals surface area contributed by atoms with Crippen LogP contribution in [0, 0.1) is 56.7 Å². The number of fused-ring (bicyclic) bond motifs is 7. The summed E-state index contributed by atoms with van der Waals surface area (Å²) < 4.78 is 28.5. The molecule has 2 saturated heterocycles. The predicted octanol–water partition coefficient (Wildman–Crippen LogP) is 1.33. The second-order valence-electron chi connectivity index (χ2n) is 20.2. The number of allylic oxidation sites excluding steroid dienone is 2. The Kier molecular flexibility index (Phi) is 11.9. The zero-order chi connectivity index (χ0) is 42.5. The van der Waals surface area contributed by atoms with Crippen LogP contribution < -0.4 is 0 Å². The molecule has 0 amide bonds. The van der Waals surface area contributed by atoms with Crippen molar-refractivity contribution in [3.63, 3.8) is 0 Å². The summed E-state index contributed by atoms with van der Waals surface area (Å²) in [4.78, 5) is 27.0. The zero-order valence-corrected chi connectivity index (χ0v) is 35.0. The number of carbonyl (C=O) groups excluding carboxylic acids is 2. The van der Waals surface area contributed by atoms with Gasteiger partial charge in [0.2, 0.25) is 6.29 Å². The van der Waals surface area contributed by atoms with Crippen molar-refractivity contribution < 1.29 is 74.1 Å². The second kappa shape index (κ2) is 15.5. The summed E-state index contributed by atoms with van der Waals surface area (Å²) >= 11 is 0. The third-order valence-electron chi connectivity index (χ3n) is 17.9. The van der Waals surface area contributed by atoms with E-state index < -0.39 is 96.9 Å². The van der Waals surface area contributed by atoms with Crippen LogP contribution >= 0.6 is 0 Å². The van der Waals surface area contributed by atoms with E-state index in [1.165, 1.54) is 5.57 Å². The fourth-order valence-corrected chi connectivity index (χ4v) is 13.9. The van der Waals surface area contributed by atoms with Crippen molar-refractivity contribution in [2.75, 3.05) is 20.3 Å². The Morgan fingerprint density at radius 1 is 0.776 bits per heavy atom. The van der Waals surface area contributed by atoms with Gasteiger partial charge in [-0.3, -0.25) is 4.79 Å². The summed E-state index contributed by atoms with van der Waals surface area (Å²) in [6.07, 6.45) is -7.54.